The van der Waals surface area contributed by atoms with Crippen LogP contribution in [0.2, 0.25) is 0 Å². The van der Waals surface area contributed by atoms with Gasteiger partial charge in [0.25, 0.3) is 0 Å². The minimum atomic E-state index is -0.560. The van der Waals surface area contributed by atoms with Crippen LogP contribution in [0, 0.1) is 36.9 Å². The Kier molecular flexibility index (Phi) is 27.7. The molecular weight excluding hydrogens is 923 g/mol. The molecular formula is C34H58N4O12Rf-2. The molecule has 0 aliphatic carbocycles. The second kappa shape index (κ2) is 28.3. The molecule has 0 aliphatic rings. The number of esters is 2. The molecule has 2 unspecified atom stereocenters. The van der Waals surface area contributed by atoms with Gasteiger partial charge in [-0.25, -0.2) is 28.8 Å². The van der Waals surface area contributed by atoms with Crippen LogP contribution in [-0.4, -0.2) is 88.9 Å². The zero-order valence-corrected chi connectivity index (χ0v) is 37.6. The zero-order chi connectivity index (χ0) is 38.6. The summed E-state index contributed by atoms with van der Waals surface area (Å²) < 4.78 is 27.7. The number of carbonyl (C=O) groups is 6. The first-order valence-electron chi connectivity index (χ1n) is 16.2. The molecule has 290 valence electrons. The van der Waals surface area contributed by atoms with Crippen LogP contribution in [0.1, 0.15) is 67.2 Å². The van der Waals surface area contributed by atoms with E-state index < -0.39 is 36.3 Å². The second-order valence-electron chi connectivity index (χ2n) is 13.0. The fourth-order valence-electron chi connectivity index (χ4n) is 4.60. The molecule has 0 bridgehead atoms. The van der Waals surface area contributed by atoms with Crippen LogP contribution in [0.25, 0.3) is 0 Å². The summed E-state index contributed by atoms with van der Waals surface area (Å²) in [5.41, 5.74) is -0.164. The summed E-state index contributed by atoms with van der Waals surface area (Å²) in [6.45, 7) is 20.7. The summed E-state index contributed by atoms with van der Waals surface area (Å²) in [7, 11) is 6.07. The molecule has 0 aromatic carbocycles. The van der Waals surface area contributed by atoms with Crippen molar-refractivity contribution in [1.82, 2.24) is 21.3 Å². The molecule has 0 aromatic heterocycles. The van der Waals surface area contributed by atoms with Gasteiger partial charge in [-0.2, -0.15) is 14.2 Å². The van der Waals surface area contributed by atoms with Gasteiger partial charge < -0.3 is 49.7 Å². The quantitative estimate of drug-likeness (QED) is 0.0380. The van der Waals surface area contributed by atoms with Crippen LogP contribution in [0.5, 0.6) is 0 Å². The Morgan fingerprint density at radius 2 is 1.06 bits per heavy atom. The van der Waals surface area contributed by atoms with E-state index in [9.17, 15) is 28.8 Å². The van der Waals surface area contributed by atoms with Crippen molar-refractivity contribution in [3.63, 3.8) is 0 Å². The molecule has 0 spiro atoms. The Morgan fingerprint density at radius 3 is 1.55 bits per heavy atom. The van der Waals surface area contributed by atoms with Crippen molar-refractivity contribution in [2.45, 2.75) is 67.2 Å². The van der Waals surface area contributed by atoms with E-state index in [-0.39, 0.29) is 43.2 Å². The van der Waals surface area contributed by atoms with Gasteiger partial charge in [-0.05, 0) is 48.3 Å². The number of rotatable bonds is 22. The van der Waals surface area contributed by atoms with Crippen LogP contribution in [0.3, 0.4) is 0 Å². The number of hydrogen-bond donors (Lipinski definition) is 4. The van der Waals surface area contributed by atoms with Gasteiger partial charge in [-0.1, -0.05) is 54.7 Å². The van der Waals surface area contributed by atoms with Gasteiger partial charge in [-0.15, -0.1) is 0 Å². The molecule has 0 fully saturated rings. The smallest absolute Gasteiger partial charge is 0.407 e. The molecule has 51 heavy (non-hydrogen) atoms. The van der Waals surface area contributed by atoms with Gasteiger partial charge in [0.15, 0.2) is 0 Å². The first kappa shape index (κ1) is 49.9. The SMILES string of the molecule is C=CC(=O)OCCOC(=O)NCC(C)(C)CC(C)CCNC(=O)O[CH2-].C=CC(=O)OCCOC(=O)NCCC(C)(C)CC(C)CNC(=O)O[CH2-].[Rf]. The van der Waals surface area contributed by atoms with Crippen molar-refractivity contribution in [3.05, 3.63) is 39.5 Å². The molecule has 0 saturated heterocycles. The number of amides is 4. The van der Waals surface area contributed by atoms with Crippen molar-refractivity contribution in [3.8, 4) is 0 Å². The molecule has 16 nitrogen and oxygen atoms in total. The first-order chi connectivity index (χ1) is 23.4. The first-order valence-corrected chi connectivity index (χ1v) is 16.2. The van der Waals surface area contributed by atoms with Crippen molar-refractivity contribution >= 4 is 36.3 Å². The Balaban J connectivity index is -0.000000886. The number of ether oxygens (including phenoxy) is 6. The third-order valence-electron chi connectivity index (χ3n) is 6.80. The maximum absolute atomic E-state index is 11.6. The van der Waals surface area contributed by atoms with E-state index >= 15 is 0 Å². The molecule has 17 heteroatoms. The van der Waals surface area contributed by atoms with Crippen LogP contribution >= 0.6 is 0 Å². The van der Waals surface area contributed by atoms with E-state index in [1.54, 1.807) is 0 Å². The van der Waals surface area contributed by atoms with Gasteiger partial charge in [0.05, 0.1) is 0 Å². The van der Waals surface area contributed by atoms with Crippen molar-refractivity contribution in [2.75, 3.05) is 52.6 Å². The average Bonchev–Trinajstić information content (AvgIpc) is 3.05. The summed E-state index contributed by atoms with van der Waals surface area (Å²) >= 11 is 0. The molecule has 2 atom stereocenters. The molecule has 0 rings (SSSR count). The minimum Gasteiger partial charge on any atom is -0.624 e. The summed E-state index contributed by atoms with van der Waals surface area (Å²) in [4.78, 5) is 66.7. The van der Waals surface area contributed by atoms with E-state index in [0.29, 0.717) is 32.1 Å². The fraction of sp³-hybridized carbons (Fsp3) is 0.647. The van der Waals surface area contributed by atoms with E-state index in [1.165, 1.54) is 0 Å². The summed E-state index contributed by atoms with van der Waals surface area (Å²) in [5.74, 6) is -0.522. The van der Waals surface area contributed by atoms with Crippen molar-refractivity contribution < 1.29 is 57.2 Å². The molecule has 0 radical (unpaired) electrons. The molecule has 0 aromatic rings. The van der Waals surface area contributed by atoms with Gasteiger partial charge >= 0.3 is 36.3 Å². The number of nitrogens with one attached hydrogen (secondary N) is 4. The second-order valence-corrected chi connectivity index (χ2v) is 13.0. The average molecular weight is 982 g/mol. The predicted molar refractivity (Wildman–Crippen MR) is 185 cm³/mol. The monoisotopic (exact) mass is 982 g/mol. The Hall–Kier alpha value is -5.50. The largest absolute Gasteiger partial charge is 0.624 e. The van der Waals surface area contributed by atoms with Gasteiger partial charge in [-0.3, -0.25) is 0 Å². The summed E-state index contributed by atoms with van der Waals surface area (Å²) in [5, 5.41) is 10.5. The molecule has 4 amide bonds. The predicted octanol–water partition coefficient (Wildman–Crippen LogP) is 4.80. The third kappa shape index (κ3) is 31.5. The van der Waals surface area contributed by atoms with E-state index in [0.717, 1.165) is 37.8 Å². The fourth-order valence-corrected chi connectivity index (χ4v) is 4.60. The number of hydrogen-bond acceptors (Lipinski definition) is 12. The molecule has 0 saturated carbocycles. The van der Waals surface area contributed by atoms with Gasteiger partial charge in [0, 0.05) is 38.3 Å². The normalized spacial score (nSPS) is 11.6. The maximum atomic E-state index is 11.6. The zero-order valence-electron chi connectivity index (χ0n) is 31.2. The van der Waals surface area contributed by atoms with Gasteiger partial charge in [0.2, 0.25) is 0 Å². The summed E-state index contributed by atoms with van der Waals surface area (Å²) in [6.07, 6.45) is 3.12. The minimum absolute atomic E-state index is 0. The van der Waals surface area contributed by atoms with E-state index in [4.69, 9.17) is 14.2 Å². The van der Waals surface area contributed by atoms with Crippen LogP contribution in [0.4, 0.5) is 19.2 Å². The van der Waals surface area contributed by atoms with Crippen LogP contribution in [-0.2, 0) is 38.0 Å². The molecule has 0 aliphatic heterocycles. The maximum Gasteiger partial charge on any atom is 0.407 e. The summed E-state index contributed by atoms with van der Waals surface area (Å²) in [6, 6.07) is 0. The van der Waals surface area contributed by atoms with Crippen LogP contribution in [0.15, 0.2) is 25.3 Å². The van der Waals surface area contributed by atoms with Gasteiger partial charge in [0.1, 0.15) is 26.4 Å². The standard InChI is InChI=1S/2C17H29N2O6.Rf/c1-6-14(20)24-9-10-25-16(22)18-8-7-17(3,4)11-13(2)12-19-15(21)23-5;1-6-14(20)24-9-10-25-16(22)19-12-17(3,4)11-13(2)7-8-18-15(21)23-5;/h6,13H,1,5,7-12H2,2-4H3,(H,18,22)(H,19,21);6,13H,1,5,7-12H2,2-4H3,(H,18,21)(H,19,22);/q2*-1;. The molecule has 0 heterocycles. The number of alkyl carbamates (subject to hydrolysis) is 4. The number of carbonyl (C=O) groups excluding carboxylic acids is 6. The topological polar surface area (TPSA) is 206 Å². The Bertz CT molecular complexity index is 1070. The van der Waals surface area contributed by atoms with E-state index in [1.807, 2.05) is 20.8 Å². The third-order valence-corrected chi connectivity index (χ3v) is 6.80. The van der Waals surface area contributed by atoms with Crippen molar-refractivity contribution in [2.24, 2.45) is 22.7 Å². The van der Waals surface area contributed by atoms with E-state index in [2.05, 4.69) is 83.6 Å². The Morgan fingerprint density at radius 1 is 0.627 bits per heavy atom. The molecule has 4 N–H and O–H groups in total. The van der Waals surface area contributed by atoms with Crippen LogP contribution < -0.4 is 21.3 Å². The Labute approximate surface area is 296 Å². The van der Waals surface area contributed by atoms with Crippen molar-refractivity contribution in [1.29, 1.82) is 0 Å².